The maximum Gasteiger partial charge on any atom is 0.203 e. The molecule has 0 fully saturated rings. The van der Waals surface area contributed by atoms with Gasteiger partial charge in [-0.05, 0) is 31.7 Å². The Labute approximate surface area is 107 Å². The fourth-order valence-electron chi connectivity index (χ4n) is 1.86. The smallest absolute Gasteiger partial charge is 0.203 e. The van der Waals surface area contributed by atoms with E-state index >= 15 is 0 Å². The van der Waals surface area contributed by atoms with Gasteiger partial charge >= 0.3 is 0 Å². The largest absolute Gasteiger partial charge is 0.348 e. The molecule has 1 unspecified atom stereocenters. The molecule has 1 atom stereocenters. The molecule has 2 aromatic rings. The lowest BCUT2D eigenvalue weighted by Crippen LogP contribution is -2.13. The number of anilines is 1. The summed E-state index contributed by atoms with van der Waals surface area (Å²) in [6.45, 7) is 6.53. The molecule has 0 amide bonds. The summed E-state index contributed by atoms with van der Waals surface area (Å²) < 4.78 is 2.16. The summed E-state index contributed by atoms with van der Waals surface area (Å²) >= 11 is 1.79. The van der Waals surface area contributed by atoms with Crippen LogP contribution < -0.4 is 5.32 Å². The molecule has 0 aliphatic carbocycles. The van der Waals surface area contributed by atoms with Crippen molar-refractivity contribution in [2.75, 3.05) is 5.32 Å². The van der Waals surface area contributed by atoms with Gasteiger partial charge in [-0.15, -0.1) is 11.3 Å². The van der Waals surface area contributed by atoms with Crippen molar-refractivity contribution >= 4 is 17.3 Å². The molecule has 3 nitrogen and oxygen atoms in total. The number of thiophene rings is 1. The number of aromatic nitrogens is 2. The minimum Gasteiger partial charge on any atom is -0.348 e. The van der Waals surface area contributed by atoms with E-state index in [4.69, 9.17) is 0 Å². The summed E-state index contributed by atoms with van der Waals surface area (Å²) in [7, 11) is 0. The molecule has 2 aromatic heterocycles. The number of rotatable bonds is 5. The van der Waals surface area contributed by atoms with Gasteiger partial charge in [0.15, 0.2) is 0 Å². The van der Waals surface area contributed by atoms with Crippen LogP contribution in [0, 0.1) is 0 Å². The van der Waals surface area contributed by atoms with E-state index in [0.717, 1.165) is 12.4 Å². The van der Waals surface area contributed by atoms with Crippen molar-refractivity contribution in [2.24, 2.45) is 0 Å². The van der Waals surface area contributed by atoms with E-state index in [1.165, 1.54) is 4.88 Å². The first-order valence-corrected chi connectivity index (χ1v) is 6.93. The normalized spacial score (nSPS) is 12.9. The van der Waals surface area contributed by atoms with E-state index < -0.39 is 0 Å². The second kappa shape index (κ2) is 5.36. The van der Waals surface area contributed by atoms with Gasteiger partial charge in [-0.25, -0.2) is 4.98 Å². The van der Waals surface area contributed by atoms with Crippen LogP contribution >= 0.6 is 11.3 Å². The lowest BCUT2D eigenvalue weighted by atomic mass is 10.2. The SMILES string of the molecule is CCC(Nc1nccn1C(C)C)c1cccs1. The van der Waals surface area contributed by atoms with Gasteiger partial charge in [0.05, 0.1) is 6.04 Å². The molecular weight excluding hydrogens is 230 g/mol. The lowest BCUT2D eigenvalue weighted by Gasteiger charge is -2.19. The first-order chi connectivity index (χ1) is 8.22. The molecule has 0 aromatic carbocycles. The Bertz CT molecular complexity index is 445. The Morgan fingerprint density at radius 3 is 2.88 bits per heavy atom. The highest BCUT2D eigenvalue weighted by atomic mass is 32.1. The number of imidazole rings is 1. The quantitative estimate of drug-likeness (QED) is 0.865. The molecule has 17 heavy (non-hydrogen) atoms. The molecule has 0 spiro atoms. The highest BCUT2D eigenvalue weighted by Crippen LogP contribution is 2.26. The molecule has 1 N–H and O–H groups in total. The Morgan fingerprint density at radius 2 is 2.29 bits per heavy atom. The minimum atomic E-state index is 0.356. The van der Waals surface area contributed by atoms with Crippen molar-refractivity contribution in [1.29, 1.82) is 0 Å². The van der Waals surface area contributed by atoms with Crippen molar-refractivity contribution in [3.8, 4) is 0 Å². The van der Waals surface area contributed by atoms with E-state index in [-0.39, 0.29) is 0 Å². The van der Waals surface area contributed by atoms with Gasteiger partial charge in [0.2, 0.25) is 5.95 Å². The lowest BCUT2D eigenvalue weighted by molar-refractivity contribution is 0.596. The average molecular weight is 249 g/mol. The van der Waals surface area contributed by atoms with Gasteiger partial charge in [-0.3, -0.25) is 0 Å². The fourth-order valence-corrected chi connectivity index (χ4v) is 2.72. The predicted molar refractivity (Wildman–Crippen MR) is 73.6 cm³/mol. The Kier molecular flexibility index (Phi) is 3.84. The van der Waals surface area contributed by atoms with Gasteiger partial charge in [-0.1, -0.05) is 13.0 Å². The van der Waals surface area contributed by atoms with Gasteiger partial charge in [0.1, 0.15) is 0 Å². The van der Waals surface area contributed by atoms with E-state index in [9.17, 15) is 0 Å². The Morgan fingerprint density at radius 1 is 1.47 bits per heavy atom. The minimum absolute atomic E-state index is 0.356. The monoisotopic (exact) mass is 249 g/mol. The second-order valence-corrected chi connectivity index (χ2v) is 5.35. The van der Waals surface area contributed by atoms with Crippen LogP contribution in [-0.2, 0) is 0 Å². The zero-order valence-corrected chi connectivity index (χ0v) is 11.4. The van der Waals surface area contributed by atoms with E-state index in [1.807, 2.05) is 12.4 Å². The highest BCUT2D eigenvalue weighted by Gasteiger charge is 2.13. The third kappa shape index (κ3) is 2.69. The number of nitrogens with zero attached hydrogens (tertiary/aromatic N) is 2. The van der Waals surface area contributed by atoms with Gasteiger partial charge in [0, 0.05) is 23.3 Å². The van der Waals surface area contributed by atoms with Gasteiger partial charge in [-0.2, -0.15) is 0 Å². The predicted octanol–water partition coefficient (Wildman–Crippen LogP) is 4.09. The Balaban J connectivity index is 2.16. The first-order valence-electron chi connectivity index (χ1n) is 6.05. The zero-order chi connectivity index (χ0) is 12.3. The third-order valence-electron chi connectivity index (χ3n) is 2.82. The van der Waals surface area contributed by atoms with Crippen LogP contribution in [0.4, 0.5) is 5.95 Å². The van der Waals surface area contributed by atoms with Crippen LogP contribution in [0.25, 0.3) is 0 Å². The van der Waals surface area contributed by atoms with Crippen molar-refractivity contribution in [3.05, 3.63) is 34.8 Å². The summed E-state index contributed by atoms with van der Waals surface area (Å²) in [5, 5.41) is 5.64. The molecule has 2 heterocycles. The van der Waals surface area contributed by atoms with Crippen LogP contribution in [0.3, 0.4) is 0 Å². The summed E-state index contributed by atoms with van der Waals surface area (Å²) in [5.74, 6) is 0.959. The van der Waals surface area contributed by atoms with Gasteiger partial charge < -0.3 is 9.88 Å². The first kappa shape index (κ1) is 12.2. The second-order valence-electron chi connectivity index (χ2n) is 4.37. The zero-order valence-electron chi connectivity index (χ0n) is 10.6. The van der Waals surface area contributed by atoms with E-state index in [2.05, 4.69) is 53.2 Å². The standard InChI is InChI=1S/C13H19N3S/c1-4-11(12-6-5-9-17-12)15-13-14-7-8-16(13)10(2)3/h5-11H,4H2,1-3H3,(H,14,15). The maximum absolute atomic E-state index is 4.39. The number of hydrogen-bond acceptors (Lipinski definition) is 3. The third-order valence-corrected chi connectivity index (χ3v) is 3.81. The summed E-state index contributed by atoms with van der Waals surface area (Å²) in [4.78, 5) is 5.76. The van der Waals surface area contributed by atoms with Crippen molar-refractivity contribution in [3.63, 3.8) is 0 Å². The molecule has 4 heteroatoms. The summed E-state index contributed by atoms with van der Waals surface area (Å²) in [5.41, 5.74) is 0. The van der Waals surface area contributed by atoms with E-state index in [0.29, 0.717) is 12.1 Å². The number of nitrogens with one attached hydrogen (secondary N) is 1. The van der Waals surface area contributed by atoms with Crippen LogP contribution in [0.1, 0.15) is 44.2 Å². The van der Waals surface area contributed by atoms with Crippen LogP contribution in [0.2, 0.25) is 0 Å². The van der Waals surface area contributed by atoms with Crippen LogP contribution in [-0.4, -0.2) is 9.55 Å². The fraction of sp³-hybridized carbons (Fsp3) is 0.462. The van der Waals surface area contributed by atoms with Crippen LogP contribution in [0.15, 0.2) is 29.9 Å². The Hall–Kier alpha value is -1.29. The average Bonchev–Trinajstić information content (AvgIpc) is 2.96. The molecule has 0 aliphatic heterocycles. The van der Waals surface area contributed by atoms with Crippen molar-refractivity contribution in [1.82, 2.24) is 9.55 Å². The molecule has 0 radical (unpaired) electrons. The van der Waals surface area contributed by atoms with E-state index in [1.54, 1.807) is 11.3 Å². The maximum atomic E-state index is 4.39. The number of hydrogen-bond donors (Lipinski definition) is 1. The highest BCUT2D eigenvalue weighted by molar-refractivity contribution is 7.10. The molecular formula is C13H19N3S. The summed E-state index contributed by atoms with van der Waals surface area (Å²) in [6.07, 6.45) is 4.93. The molecule has 0 saturated carbocycles. The molecule has 0 bridgehead atoms. The van der Waals surface area contributed by atoms with Crippen molar-refractivity contribution < 1.29 is 0 Å². The van der Waals surface area contributed by atoms with Crippen LogP contribution in [0.5, 0.6) is 0 Å². The molecule has 0 saturated heterocycles. The molecule has 92 valence electrons. The van der Waals surface area contributed by atoms with Gasteiger partial charge in [0.25, 0.3) is 0 Å². The molecule has 0 aliphatic rings. The molecule has 2 rings (SSSR count). The summed E-state index contributed by atoms with van der Waals surface area (Å²) in [6, 6.07) is 5.06. The van der Waals surface area contributed by atoms with Crippen molar-refractivity contribution in [2.45, 2.75) is 39.3 Å². The topological polar surface area (TPSA) is 29.9 Å².